The van der Waals surface area contributed by atoms with Gasteiger partial charge in [0.1, 0.15) is 0 Å². The first-order valence-electron chi connectivity index (χ1n) is 6.81. The van der Waals surface area contributed by atoms with Crippen LogP contribution < -0.4 is 21.3 Å². The van der Waals surface area contributed by atoms with E-state index in [2.05, 4.69) is 38.7 Å². The van der Waals surface area contributed by atoms with E-state index in [0.29, 0.717) is 5.95 Å². The van der Waals surface area contributed by atoms with Crippen LogP contribution >= 0.6 is 11.3 Å². The number of hydrogen-bond donors (Lipinski definition) is 3. The lowest BCUT2D eigenvalue weighted by Gasteiger charge is -2.16. The zero-order valence-electron chi connectivity index (χ0n) is 12.3. The molecule has 0 bridgehead atoms. The maximum atomic E-state index is 5.51. The summed E-state index contributed by atoms with van der Waals surface area (Å²) in [5, 5.41) is 5.34. The van der Waals surface area contributed by atoms with E-state index >= 15 is 0 Å². The van der Waals surface area contributed by atoms with Crippen molar-refractivity contribution in [2.24, 2.45) is 5.84 Å². The second-order valence-electron chi connectivity index (χ2n) is 4.70. The Morgan fingerprint density at radius 3 is 2.62 bits per heavy atom. The van der Waals surface area contributed by atoms with Crippen molar-refractivity contribution in [1.82, 2.24) is 15.0 Å². The highest BCUT2D eigenvalue weighted by atomic mass is 32.1. The van der Waals surface area contributed by atoms with Crippen LogP contribution in [0, 0.1) is 0 Å². The Morgan fingerprint density at radius 1 is 1.29 bits per heavy atom. The molecule has 0 aliphatic heterocycles. The molecule has 0 saturated heterocycles. The first-order chi connectivity index (χ1) is 10.1. The smallest absolute Gasteiger partial charge is 0.323 e. The topological polar surface area (TPSA) is 98.0 Å². The zero-order chi connectivity index (χ0) is 15.2. The van der Waals surface area contributed by atoms with Crippen LogP contribution in [0.4, 0.5) is 11.9 Å². The first-order valence-corrected chi connectivity index (χ1v) is 7.69. The Hall–Kier alpha value is -1.93. The third-order valence-electron chi connectivity index (χ3n) is 2.68. The van der Waals surface area contributed by atoms with E-state index in [1.165, 1.54) is 4.88 Å². The highest BCUT2D eigenvalue weighted by Gasteiger charge is 2.14. The van der Waals surface area contributed by atoms with Crippen molar-refractivity contribution in [3.63, 3.8) is 0 Å². The third kappa shape index (κ3) is 4.27. The summed E-state index contributed by atoms with van der Waals surface area (Å²) in [5.74, 6) is 6.10. The van der Waals surface area contributed by atoms with Crippen LogP contribution in [0.1, 0.15) is 38.1 Å². The fourth-order valence-electron chi connectivity index (χ4n) is 1.77. The van der Waals surface area contributed by atoms with Gasteiger partial charge in [-0.1, -0.05) is 13.0 Å². The fraction of sp³-hybridized carbons (Fsp3) is 0.462. The Kier molecular flexibility index (Phi) is 5.29. The molecular formula is C13H20N6OS. The van der Waals surface area contributed by atoms with Gasteiger partial charge in [0.15, 0.2) is 0 Å². The number of aromatic nitrogens is 3. The molecule has 0 saturated carbocycles. The monoisotopic (exact) mass is 308 g/mol. The number of ether oxygens (including phenoxy) is 1. The lowest BCUT2D eigenvalue weighted by atomic mass is 10.2. The summed E-state index contributed by atoms with van der Waals surface area (Å²) in [4.78, 5) is 13.8. The van der Waals surface area contributed by atoms with E-state index < -0.39 is 0 Å². The van der Waals surface area contributed by atoms with Crippen molar-refractivity contribution < 1.29 is 4.74 Å². The Bertz CT molecular complexity index is 560. The second kappa shape index (κ2) is 7.19. The van der Waals surface area contributed by atoms with Crippen LogP contribution in [0.15, 0.2) is 17.5 Å². The number of nitrogens with zero attached hydrogens (tertiary/aromatic N) is 3. The molecule has 1 atom stereocenters. The maximum absolute atomic E-state index is 5.51. The summed E-state index contributed by atoms with van der Waals surface area (Å²) < 4.78 is 5.51. The van der Waals surface area contributed by atoms with Crippen LogP contribution in [-0.2, 0) is 0 Å². The minimum Gasteiger partial charge on any atom is -0.461 e. The van der Waals surface area contributed by atoms with Gasteiger partial charge < -0.3 is 10.1 Å². The predicted octanol–water partition coefficient (Wildman–Crippen LogP) is 2.57. The highest BCUT2D eigenvalue weighted by molar-refractivity contribution is 7.10. The molecular weight excluding hydrogens is 288 g/mol. The van der Waals surface area contributed by atoms with E-state index in [9.17, 15) is 0 Å². The van der Waals surface area contributed by atoms with Gasteiger partial charge in [0, 0.05) is 4.88 Å². The number of rotatable bonds is 7. The molecule has 0 aromatic carbocycles. The molecule has 2 rings (SSSR count). The van der Waals surface area contributed by atoms with Gasteiger partial charge in [-0.05, 0) is 31.7 Å². The Labute approximate surface area is 128 Å². The standard InChI is InChI=1S/C13H20N6OS/c1-4-9(10-6-5-7-21-10)15-11-16-12(19-14)18-13(17-11)20-8(2)3/h5-9H,4,14H2,1-3H3,(H2,15,16,17,18,19). The minimum absolute atomic E-state index is 0.0230. The lowest BCUT2D eigenvalue weighted by Crippen LogP contribution is -2.17. The molecule has 7 nitrogen and oxygen atoms in total. The largest absolute Gasteiger partial charge is 0.461 e. The quantitative estimate of drug-likeness (QED) is 0.534. The number of nitrogen functional groups attached to an aromatic ring is 1. The number of nitrogens with one attached hydrogen (secondary N) is 2. The Morgan fingerprint density at radius 2 is 2.05 bits per heavy atom. The first kappa shape index (κ1) is 15.5. The molecule has 2 aromatic heterocycles. The normalized spacial score (nSPS) is 12.2. The average molecular weight is 308 g/mol. The van der Waals surface area contributed by atoms with E-state index in [1.54, 1.807) is 11.3 Å². The molecule has 0 radical (unpaired) electrons. The third-order valence-corrected chi connectivity index (χ3v) is 3.67. The van der Waals surface area contributed by atoms with Gasteiger partial charge in [-0.3, -0.25) is 5.43 Å². The van der Waals surface area contributed by atoms with Crippen molar-refractivity contribution in [3.8, 4) is 6.01 Å². The maximum Gasteiger partial charge on any atom is 0.323 e. The molecule has 2 aromatic rings. The minimum atomic E-state index is -0.0230. The summed E-state index contributed by atoms with van der Waals surface area (Å²) in [6, 6.07) is 4.50. The van der Waals surface area contributed by atoms with Gasteiger partial charge in [0.05, 0.1) is 12.1 Å². The van der Waals surface area contributed by atoms with Crippen LogP contribution in [0.2, 0.25) is 0 Å². The molecule has 1 unspecified atom stereocenters. The molecule has 0 aliphatic rings. The van der Waals surface area contributed by atoms with Crippen molar-refractivity contribution in [2.75, 3.05) is 10.7 Å². The molecule has 0 fully saturated rings. The molecule has 4 N–H and O–H groups in total. The van der Waals surface area contributed by atoms with E-state index in [4.69, 9.17) is 10.6 Å². The van der Waals surface area contributed by atoms with Gasteiger partial charge in [-0.15, -0.1) is 11.3 Å². The molecule has 8 heteroatoms. The van der Waals surface area contributed by atoms with Gasteiger partial charge in [0.2, 0.25) is 11.9 Å². The molecule has 2 heterocycles. The zero-order valence-corrected chi connectivity index (χ0v) is 13.1. The van der Waals surface area contributed by atoms with Crippen molar-refractivity contribution in [2.45, 2.75) is 39.3 Å². The summed E-state index contributed by atoms with van der Waals surface area (Å²) in [6.45, 7) is 5.92. The lowest BCUT2D eigenvalue weighted by molar-refractivity contribution is 0.222. The average Bonchev–Trinajstić information content (AvgIpc) is 2.97. The van der Waals surface area contributed by atoms with Crippen molar-refractivity contribution >= 4 is 23.2 Å². The molecule has 0 aliphatic carbocycles. The van der Waals surface area contributed by atoms with Gasteiger partial charge in [-0.2, -0.15) is 15.0 Å². The SMILES string of the molecule is CCC(Nc1nc(NN)nc(OC(C)C)n1)c1cccs1. The van der Waals surface area contributed by atoms with E-state index in [-0.39, 0.29) is 24.1 Å². The van der Waals surface area contributed by atoms with Crippen LogP contribution in [0.25, 0.3) is 0 Å². The van der Waals surface area contributed by atoms with Gasteiger partial charge in [-0.25, -0.2) is 5.84 Å². The molecule has 0 spiro atoms. The molecule has 0 amide bonds. The summed E-state index contributed by atoms with van der Waals surface area (Å²) in [7, 11) is 0. The van der Waals surface area contributed by atoms with Gasteiger partial charge >= 0.3 is 6.01 Å². The second-order valence-corrected chi connectivity index (χ2v) is 5.68. The number of anilines is 2. The fourth-order valence-corrected chi connectivity index (χ4v) is 2.63. The highest BCUT2D eigenvalue weighted by Crippen LogP contribution is 2.25. The van der Waals surface area contributed by atoms with Crippen LogP contribution in [-0.4, -0.2) is 21.1 Å². The van der Waals surface area contributed by atoms with Crippen LogP contribution in [0.3, 0.4) is 0 Å². The number of nitrogens with two attached hydrogens (primary N) is 1. The predicted molar refractivity (Wildman–Crippen MR) is 84.4 cm³/mol. The van der Waals surface area contributed by atoms with Crippen LogP contribution in [0.5, 0.6) is 6.01 Å². The number of hydrazine groups is 1. The number of thiophene rings is 1. The van der Waals surface area contributed by atoms with E-state index in [1.807, 2.05) is 25.3 Å². The molecule has 21 heavy (non-hydrogen) atoms. The Balaban J connectivity index is 2.21. The summed E-state index contributed by atoms with van der Waals surface area (Å²) in [6.07, 6.45) is 0.892. The number of hydrogen-bond acceptors (Lipinski definition) is 8. The van der Waals surface area contributed by atoms with Crippen molar-refractivity contribution in [3.05, 3.63) is 22.4 Å². The summed E-state index contributed by atoms with van der Waals surface area (Å²) in [5.41, 5.74) is 2.43. The van der Waals surface area contributed by atoms with Gasteiger partial charge in [0.25, 0.3) is 0 Å². The van der Waals surface area contributed by atoms with Crippen molar-refractivity contribution in [1.29, 1.82) is 0 Å². The summed E-state index contributed by atoms with van der Waals surface area (Å²) >= 11 is 1.69. The van der Waals surface area contributed by atoms with E-state index in [0.717, 1.165) is 6.42 Å². The molecule has 114 valence electrons.